The van der Waals surface area contributed by atoms with Gasteiger partial charge in [0.15, 0.2) is 0 Å². The fraction of sp³-hybridized carbons (Fsp3) is 0.800. The zero-order valence-corrected chi connectivity index (χ0v) is 8.69. The number of carbonyl (C=O) groups is 2. The SMILES string of the molecule is CCC1C(=O)N(C2CCC2)C(=O)N1C. The molecule has 0 N–H and O–H groups in total. The van der Waals surface area contributed by atoms with Crippen molar-refractivity contribution in [1.82, 2.24) is 9.80 Å². The minimum atomic E-state index is -0.219. The summed E-state index contributed by atoms with van der Waals surface area (Å²) in [5, 5.41) is 0. The first-order valence-corrected chi connectivity index (χ1v) is 5.26. The molecule has 0 aromatic rings. The van der Waals surface area contributed by atoms with E-state index in [-0.39, 0.29) is 24.0 Å². The molecule has 1 unspecified atom stereocenters. The maximum atomic E-state index is 11.9. The summed E-state index contributed by atoms with van der Waals surface area (Å²) in [6, 6.07) is -0.136. The maximum absolute atomic E-state index is 11.9. The zero-order chi connectivity index (χ0) is 10.3. The Morgan fingerprint density at radius 2 is 2.00 bits per heavy atom. The molecule has 1 aliphatic heterocycles. The van der Waals surface area contributed by atoms with Gasteiger partial charge in [-0.2, -0.15) is 0 Å². The third kappa shape index (κ3) is 1.13. The highest BCUT2D eigenvalue weighted by Gasteiger charge is 2.46. The molecule has 4 heteroatoms. The summed E-state index contributed by atoms with van der Waals surface area (Å²) < 4.78 is 0. The van der Waals surface area contributed by atoms with E-state index in [1.807, 2.05) is 6.92 Å². The number of nitrogens with zero attached hydrogens (tertiary/aromatic N) is 2. The predicted molar refractivity (Wildman–Crippen MR) is 51.7 cm³/mol. The van der Waals surface area contributed by atoms with Crippen LogP contribution in [0.15, 0.2) is 0 Å². The van der Waals surface area contributed by atoms with Gasteiger partial charge in [-0.05, 0) is 25.7 Å². The van der Waals surface area contributed by atoms with Crippen molar-refractivity contribution in [2.45, 2.75) is 44.7 Å². The fourth-order valence-electron chi connectivity index (χ4n) is 2.15. The molecule has 3 amide bonds. The molecule has 0 radical (unpaired) electrons. The highest BCUT2D eigenvalue weighted by atomic mass is 16.2. The van der Waals surface area contributed by atoms with Gasteiger partial charge in [0.2, 0.25) is 0 Å². The van der Waals surface area contributed by atoms with E-state index < -0.39 is 0 Å². The first-order chi connectivity index (χ1) is 6.66. The van der Waals surface area contributed by atoms with Crippen molar-refractivity contribution in [1.29, 1.82) is 0 Å². The monoisotopic (exact) mass is 196 g/mol. The Labute approximate surface area is 83.9 Å². The van der Waals surface area contributed by atoms with Gasteiger partial charge in [-0.15, -0.1) is 0 Å². The van der Waals surface area contributed by atoms with Crippen LogP contribution in [0.2, 0.25) is 0 Å². The Bertz CT molecular complexity index is 273. The van der Waals surface area contributed by atoms with Crippen molar-refractivity contribution in [2.24, 2.45) is 0 Å². The Balaban J connectivity index is 2.17. The molecule has 0 spiro atoms. The van der Waals surface area contributed by atoms with Gasteiger partial charge in [0, 0.05) is 13.1 Å². The van der Waals surface area contributed by atoms with Gasteiger partial charge in [-0.25, -0.2) is 4.79 Å². The summed E-state index contributed by atoms with van der Waals surface area (Å²) in [5.74, 6) is 0.00435. The second-order valence-corrected chi connectivity index (χ2v) is 4.11. The maximum Gasteiger partial charge on any atom is 0.327 e. The fourth-order valence-corrected chi connectivity index (χ4v) is 2.15. The van der Waals surface area contributed by atoms with Crippen LogP contribution in [0.1, 0.15) is 32.6 Å². The number of likely N-dealkylation sites (N-methyl/N-ethyl adjacent to an activating group) is 1. The van der Waals surface area contributed by atoms with Crippen LogP contribution in [0.25, 0.3) is 0 Å². The summed E-state index contributed by atoms with van der Waals surface area (Å²) in [5.41, 5.74) is 0. The standard InChI is InChI=1S/C10H16N2O2/c1-3-8-9(13)12(7-5-4-6-7)10(14)11(8)2/h7-8H,3-6H2,1-2H3. The van der Waals surface area contributed by atoms with E-state index in [2.05, 4.69) is 0 Å². The molecule has 78 valence electrons. The minimum absolute atomic E-state index is 0.00435. The molecule has 14 heavy (non-hydrogen) atoms. The minimum Gasteiger partial charge on any atom is -0.315 e. The summed E-state index contributed by atoms with van der Waals surface area (Å²) in [6.07, 6.45) is 3.83. The Morgan fingerprint density at radius 3 is 2.36 bits per heavy atom. The van der Waals surface area contributed by atoms with Crippen LogP contribution in [0.3, 0.4) is 0 Å². The molecule has 0 aromatic carbocycles. The molecule has 2 rings (SSSR count). The molecule has 4 nitrogen and oxygen atoms in total. The van der Waals surface area contributed by atoms with Gasteiger partial charge in [0.1, 0.15) is 6.04 Å². The van der Waals surface area contributed by atoms with Crippen LogP contribution in [0, 0.1) is 0 Å². The van der Waals surface area contributed by atoms with Crippen LogP contribution in [-0.4, -0.2) is 40.9 Å². The van der Waals surface area contributed by atoms with Crippen molar-refractivity contribution in [3.8, 4) is 0 Å². The molecule has 1 heterocycles. The molecule has 2 fully saturated rings. The number of hydrogen-bond acceptors (Lipinski definition) is 2. The van der Waals surface area contributed by atoms with Crippen LogP contribution in [-0.2, 0) is 4.79 Å². The lowest BCUT2D eigenvalue weighted by molar-refractivity contribution is -0.130. The van der Waals surface area contributed by atoms with Crippen LogP contribution in [0.5, 0.6) is 0 Å². The molecule has 1 saturated heterocycles. The average molecular weight is 196 g/mol. The smallest absolute Gasteiger partial charge is 0.315 e. The summed E-state index contributed by atoms with van der Waals surface area (Å²) in [7, 11) is 1.72. The molecular weight excluding hydrogens is 180 g/mol. The van der Waals surface area contributed by atoms with E-state index in [0.717, 1.165) is 19.3 Å². The van der Waals surface area contributed by atoms with Crippen LogP contribution >= 0.6 is 0 Å². The highest BCUT2D eigenvalue weighted by molar-refractivity contribution is 6.04. The molecule has 0 bridgehead atoms. The molecule has 0 aromatic heterocycles. The van der Waals surface area contributed by atoms with Crippen molar-refractivity contribution in [3.05, 3.63) is 0 Å². The number of carbonyl (C=O) groups excluding carboxylic acids is 2. The topological polar surface area (TPSA) is 40.6 Å². The van der Waals surface area contributed by atoms with E-state index in [9.17, 15) is 9.59 Å². The quantitative estimate of drug-likeness (QED) is 0.623. The number of urea groups is 1. The molecule has 1 atom stereocenters. The van der Waals surface area contributed by atoms with E-state index >= 15 is 0 Å². The highest BCUT2D eigenvalue weighted by Crippen LogP contribution is 2.30. The largest absolute Gasteiger partial charge is 0.327 e. The summed E-state index contributed by atoms with van der Waals surface area (Å²) >= 11 is 0. The van der Waals surface area contributed by atoms with Gasteiger partial charge in [0.25, 0.3) is 5.91 Å². The van der Waals surface area contributed by atoms with Crippen molar-refractivity contribution < 1.29 is 9.59 Å². The number of imide groups is 1. The van der Waals surface area contributed by atoms with E-state index in [1.165, 1.54) is 4.90 Å². The van der Waals surface area contributed by atoms with E-state index in [0.29, 0.717) is 6.42 Å². The lowest BCUT2D eigenvalue weighted by Crippen LogP contribution is -2.44. The van der Waals surface area contributed by atoms with Crippen molar-refractivity contribution in [3.63, 3.8) is 0 Å². The van der Waals surface area contributed by atoms with Gasteiger partial charge < -0.3 is 4.90 Å². The average Bonchev–Trinajstić information content (AvgIpc) is 2.27. The van der Waals surface area contributed by atoms with Gasteiger partial charge >= 0.3 is 6.03 Å². The Hall–Kier alpha value is -1.06. The first kappa shape index (κ1) is 9.49. The second-order valence-electron chi connectivity index (χ2n) is 4.11. The molecule has 1 saturated carbocycles. The van der Waals surface area contributed by atoms with Crippen LogP contribution in [0.4, 0.5) is 4.79 Å². The van der Waals surface area contributed by atoms with Gasteiger partial charge in [0.05, 0.1) is 0 Å². The third-order valence-electron chi connectivity index (χ3n) is 3.32. The molecular formula is C10H16N2O2. The van der Waals surface area contributed by atoms with Gasteiger partial charge in [-0.3, -0.25) is 9.69 Å². The third-order valence-corrected chi connectivity index (χ3v) is 3.32. The van der Waals surface area contributed by atoms with E-state index in [4.69, 9.17) is 0 Å². The van der Waals surface area contributed by atoms with Gasteiger partial charge in [-0.1, -0.05) is 6.92 Å². The molecule has 1 aliphatic carbocycles. The Kier molecular flexibility index (Phi) is 2.21. The Morgan fingerprint density at radius 1 is 1.36 bits per heavy atom. The lowest BCUT2D eigenvalue weighted by Gasteiger charge is -2.32. The zero-order valence-electron chi connectivity index (χ0n) is 8.69. The first-order valence-electron chi connectivity index (χ1n) is 5.26. The van der Waals surface area contributed by atoms with Crippen LogP contribution < -0.4 is 0 Å². The molecule has 2 aliphatic rings. The van der Waals surface area contributed by atoms with Crippen molar-refractivity contribution >= 4 is 11.9 Å². The number of amides is 3. The van der Waals surface area contributed by atoms with Crippen molar-refractivity contribution in [2.75, 3.05) is 7.05 Å². The summed E-state index contributed by atoms with van der Waals surface area (Å²) in [6.45, 7) is 1.94. The number of hydrogen-bond donors (Lipinski definition) is 0. The summed E-state index contributed by atoms with van der Waals surface area (Å²) in [4.78, 5) is 26.6. The number of rotatable bonds is 2. The lowest BCUT2D eigenvalue weighted by atomic mass is 9.91. The second kappa shape index (κ2) is 3.26. The van der Waals surface area contributed by atoms with E-state index in [1.54, 1.807) is 11.9 Å². The normalized spacial score (nSPS) is 28.6. The predicted octanol–water partition coefficient (Wildman–Crippen LogP) is 1.21.